The highest BCUT2D eigenvalue weighted by Crippen LogP contribution is 2.33. The van der Waals surface area contributed by atoms with Crippen molar-refractivity contribution in [3.05, 3.63) is 42.7 Å². The molecule has 3 nitrogen and oxygen atoms in total. The molecule has 0 aliphatic carbocycles. The molecule has 0 saturated carbocycles. The Kier molecular flexibility index (Phi) is 5.60. The van der Waals surface area contributed by atoms with Gasteiger partial charge in [-0.3, -0.25) is 0 Å². The van der Waals surface area contributed by atoms with E-state index in [0.717, 1.165) is 23.5 Å². The van der Waals surface area contributed by atoms with Crippen LogP contribution in [0.15, 0.2) is 27.3 Å². The summed E-state index contributed by atoms with van der Waals surface area (Å²) in [5, 5.41) is 14.3. The molecular weight excluding hydrogens is 404 g/mol. The fraction of sp³-hybridized carbons (Fsp3) is 0.357. The fourth-order valence-corrected chi connectivity index (χ4v) is 3.93. The Morgan fingerprint density at radius 3 is 2.55 bits per heavy atom. The van der Waals surface area contributed by atoms with Gasteiger partial charge in [-0.25, -0.2) is 4.98 Å². The minimum atomic E-state index is 0.214. The van der Waals surface area contributed by atoms with Crippen LogP contribution in [0.2, 0.25) is 0 Å². The first kappa shape index (κ1) is 15.9. The number of aromatic nitrogens is 1. The lowest BCUT2D eigenvalue weighted by Gasteiger charge is -2.12. The molecule has 1 unspecified atom stereocenters. The Balaban J connectivity index is 2.01. The van der Waals surface area contributed by atoms with Gasteiger partial charge in [0.1, 0.15) is 10.8 Å². The molecule has 0 bridgehead atoms. The van der Waals surface area contributed by atoms with Crippen molar-refractivity contribution in [2.75, 3.05) is 0 Å². The van der Waals surface area contributed by atoms with E-state index in [1.807, 2.05) is 18.3 Å². The molecule has 1 aromatic heterocycles. The number of aryl methyl sites for hydroxylation is 1. The first-order chi connectivity index (χ1) is 9.51. The minimum Gasteiger partial charge on any atom is -0.506 e. The number of hydrogen-bond donors (Lipinski definition) is 2. The summed E-state index contributed by atoms with van der Waals surface area (Å²) in [7, 11) is 0. The van der Waals surface area contributed by atoms with Crippen molar-refractivity contribution in [1.82, 2.24) is 10.3 Å². The molecule has 0 amide bonds. The van der Waals surface area contributed by atoms with Crippen molar-refractivity contribution in [2.24, 2.45) is 0 Å². The van der Waals surface area contributed by atoms with Gasteiger partial charge < -0.3 is 10.4 Å². The van der Waals surface area contributed by atoms with Gasteiger partial charge in [0.2, 0.25) is 0 Å². The summed E-state index contributed by atoms with van der Waals surface area (Å²) in [6.45, 7) is 4.98. The number of aromatic hydroxyl groups is 1. The van der Waals surface area contributed by atoms with Gasteiger partial charge >= 0.3 is 0 Å². The second-order valence-corrected chi connectivity index (χ2v) is 7.38. The minimum absolute atomic E-state index is 0.214. The first-order valence-corrected chi connectivity index (χ1v) is 8.76. The summed E-state index contributed by atoms with van der Waals surface area (Å²) in [5.41, 5.74) is 1.10. The van der Waals surface area contributed by atoms with Crippen LogP contribution in [0, 0.1) is 0 Å². The SMILES string of the molecule is CCc1cnc(C(C)NCc2cc(Br)c(O)c(Br)c2)s1. The second kappa shape index (κ2) is 7.02. The number of nitrogens with one attached hydrogen (secondary N) is 1. The lowest BCUT2D eigenvalue weighted by atomic mass is 10.2. The molecular formula is C14H16Br2N2OS. The van der Waals surface area contributed by atoms with E-state index in [9.17, 15) is 5.11 Å². The van der Waals surface area contributed by atoms with Crippen LogP contribution >= 0.6 is 43.2 Å². The number of phenols is 1. The smallest absolute Gasteiger partial charge is 0.143 e. The molecule has 2 rings (SSSR count). The Hall–Kier alpha value is -0.430. The number of nitrogens with zero attached hydrogens (tertiary/aromatic N) is 1. The van der Waals surface area contributed by atoms with E-state index in [-0.39, 0.29) is 11.8 Å². The average Bonchev–Trinajstić information content (AvgIpc) is 2.91. The molecule has 0 aliphatic rings. The predicted molar refractivity (Wildman–Crippen MR) is 90.3 cm³/mol. The van der Waals surface area contributed by atoms with Crippen molar-refractivity contribution in [3.63, 3.8) is 0 Å². The zero-order valence-electron chi connectivity index (χ0n) is 11.3. The zero-order valence-corrected chi connectivity index (χ0v) is 15.3. The molecule has 0 spiro atoms. The van der Waals surface area contributed by atoms with Gasteiger partial charge in [-0.1, -0.05) is 6.92 Å². The van der Waals surface area contributed by atoms with Gasteiger partial charge in [-0.05, 0) is 62.9 Å². The van der Waals surface area contributed by atoms with E-state index in [1.165, 1.54) is 4.88 Å². The van der Waals surface area contributed by atoms with Crippen LogP contribution in [-0.4, -0.2) is 10.1 Å². The molecule has 1 aromatic carbocycles. The normalized spacial score (nSPS) is 12.6. The first-order valence-electron chi connectivity index (χ1n) is 6.36. The lowest BCUT2D eigenvalue weighted by molar-refractivity contribution is 0.467. The predicted octanol–water partition coefficient (Wildman–Crippen LogP) is 4.79. The monoisotopic (exact) mass is 418 g/mol. The molecule has 6 heteroatoms. The molecule has 108 valence electrons. The van der Waals surface area contributed by atoms with Gasteiger partial charge in [-0.2, -0.15) is 0 Å². The Morgan fingerprint density at radius 1 is 1.35 bits per heavy atom. The second-order valence-electron chi connectivity index (χ2n) is 4.53. The van der Waals surface area contributed by atoms with Crippen LogP contribution in [0.4, 0.5) is 0 Å². The summed E-state index contributed by atoms with van der Waals surface area (Å²) < 4.78 is 1.39. The lowest BCUT2D eigenvalue weighted by Crippen LogP contribution is -2.17. The number of halogens is 2. The van der Waals surface area contributed by atoms with Crippen molar-refractivity contribution in [3.8, 4) is 5.75 Å². The maximum atomic E-state index is 9.69. The standard InChI is InChI=1S/C14H16Br2N2OS/c1-3-10-7-18-14(20-10)8(2)17-6-9-4-11(15)13(19)12(16)5-9/h4-5,7-8,17,19H,3,6H2,1-2H3. The van der Waals surface area contributed by atoms with Gasteiger partial charge in [-0.15, -0.1) is 11.3 Å². The van der Waals surface area contributed by atoms with Crippen molar-refractivity contribution in [1.29, 1.82) is 0 Å². The zero-order chi connectivity index (χ0) is 14.7. The number of rotatable bonds is 5. The van der Waals surface area contributed by atoms with Crippen LogP contribution in [0.3, 0.4) is 0 Å². The van der Waals surface area contributed by atoms with E-state index in [2.05, 4.69) is 56.0 Å². The number of thiazole rings is 1. The van der Waals surface area contributed by atoms with Gasteiger partial charge in [0.15, 0.2) is 0 Å². The molecule has 1 heterocycles. The summed E-state index contributed by atoms with van der Waals surface area (Å²) in [6.07, 6.45) is 2.98. The number of phenolic OH excluding ortho intramolecular Hbond substituents is 1. The van der Waals surface area contributed by atoms with E-state index < -0.39 is 0 Å². The molecule has 2 N–H and O–H groups in total. The molecule has 0 fully saturated rings. The van der Waals surface area contributed by atoms with Crippen molar-refractivity contribution >= 4 is 43.2 Å². The maximum Gasteiger partial charge on any atom is 0.143 e. The highest BCUT2D eigenvalue weighted by atomic mass is 79.9. The quantitative estimate of drug-likeness (QED) is 0.732. The van der Waals surface area contributed by atoms with Crippen LogP contribution in [0.5, 0.6) is 5.75 Å². The molecule has 0 saturated heterocycles. The van der Waals surface area contributed by atoms with Crippen LogP contribution in [0.1, 0.15) is 35.3 Å². The van der Waals surface area contributed by atoms with Crippen molar-refractivity contribution < 1.29 is 5.11 Å². The average molecular weight is 420 g/mol. The Bertz CT molecular complexity index is 578. The summed E-state index contributed by atoms with van der Waals surface area (Å²) >= 11 is 8.44. The summed E-state index contributed by atoms with van der Waals surface area (Å²) in [6, 6.07) is 4.05. The summed E-state index contributed by atoms with van der Waals surface area (Å²) in [5.74, 6) is 0.231. The number of hydrogen-bond acceptors (Lipinski definition) is 4. The van der Waals surface area contributed by atoms with E-state index in [4.69, 9.17) is 0 Å². The van der Waals surface area contributed by atoms with E-state index >= 15 is 0 Å². The van der Waals surface area contributed by atoms with Gasteiger partial charge in [0.25, 0.3) is 0 Å². The Labute approximate surface area is 139 Å². The molecule has 1 atom stereocenters. The van der Waals surface area contributed by atoms with Gasteiger partial charge in [0.05, 0.1) is 15.0 Å². The number of benzene rings is 1. The van der Waals surface area contributed by atoms with Gasteiger partial charge in [0, 0.05) is 17.6 Å². The van der Waals surface area contributed by atoms with Crippen LogP contribution < -0.4 is 5.32 Å². The fourth-order valence-electron chi connectivity index (χ4n) is 1.76. The van der Waals surface area contributed by atoms with Crippen molar-refractivity contribution in [2.45, 2.75) is 32.9 Å². The van der Waals surface area contributed by atoms with Crippen LogP contribution in [-0.2, 0) is 13.0 Å². The topological polar surface area (TPSA) is 45.2 Å². The third-order valence-corrected chi connectivity index (χ3v) is 5.51. The van der Waals surface area contributed by atoms with E-state index in [0.29, 0.717) is 8.95 Å². The third kappa shape index (κ3) is 3.81. The largest absolute Gasteiger partial charge is 0.506 e. The molecule has 20 heavy (non-hydrogen) atoms. The van der Waals surface area contributed by atoms with E-state index in [1.54, 1.807) is 11.3 Å². The van der Waals surface area contributed by atoms with Crippen LogP contribution in [0.25, 0.3) is 0 Å². The molecule has 0 radical (unpaired) electrons. The highest BCUT2D eigenvalue weighted by Gasteiger charge is 2.11. The summed E-state index contributed by atoms with van der Waals surface area (Å²) in [4.78, 5) is 5.75. The Morgan fingerprint density at radius 2 is 2.00 bits per heavy atom. The molecule has 0 aliphatic heterocycles. The third-order valence-electron chi connectivity index (χ3n) is 2.98. The highest BCUT2D eigenvalue weighted by molar-refractivity contribution is 9.11. The maximum absolute atomic E-state index is 9.69. The molecule has 2 aromatic rings.